The average molecular weight is 180 g/mol. The zero-order valence-electron chi connectivity index (χ0n) is 7.70. The molecule has 0 aliphatic rings. The lowest BCUT2D eigenvalue weighted by atomic mass is 10.3. The van der Waals surface area contributed by atoms with Gasteiger partial charge in [0.05, 0.1) is 6.61 Å². The number of pyridine rings is 1. The minimum Gasteiger partial charge on any atom is -0.450 e. The molecule has 1 N–H and O–H groups in total. The van der Waals surface area contributed by atoms with Crippen molar-refractivity contribution >= 4 is 11.8 Å². The summed E-state index contributed by atoms with van der Waals surface area (Å²) in [5.74, 6) is 0. The van der Waals surface area contributed by atoms with Gasteiger partial charge >= 0.3 is 6.09 Å². The van der Waals surface area contributed by atoms with Crippen LogP contribution in [-0.4, -0.2) is 17.7 Å². The van der Waals surface area contributed by atoms with Gasteiger partial charge in [-0.25, -0.2) is 4.79 Å². The maximum Gasteiger partial charge on any atom is 0.411 e. The fraction of sp³-hybridized carbons (Fsp3) is 0.333. The van der Waals surface area contributed by atoms with Gasteiger partial charge in [-0.2, -0.15) is 0 Å². The number of rotatable bonds is 2. The Morgan fingerprint density at radius 3 is 3.08 bits per heavy atom. The van der Waals surface area contributed by atoms with Gasteiger partial charge in [0.2, 0.25) is 0 Å². The van der Waals surface area contributed by atoms with E-state index in [4.69, 9.17) is 4.74 Å². The summed E-state index contributed by atoms with van der Waals surface area (Å²) in [5.41, 5.74) is 1.64. The largest absolute Gasteiger partial charge is 0.450 e. The van der Waals surface area contributed by atoms with Gasteiger partial charge in [-0.1, -0.05) is 0 Å². The highest BCUT2D eigenvalue weighted by molar-refractivity contribution is 5.85. The Hall–Kier alpha value is -1.58. The van der Waals surface area contributed by atoms with Crippen LogP contribution in [0.3, 0.4) is 0 Å². The first-order valence-electron chi connectivity index (χ1n) is 4.08. The third-order valence-corrected chi connectivity index (χ3v) is 1.53. The molecule has 0 bridgehead atoms. The van der Waals surface area contributed by atoms with Crippen molar-refractivity contribution in [2.45, 2.75) is 13.8 Å². The molecular weight excluding hydrogens is 168 g/mol. The molecule has 1 aromatic heterocycles. The van der Waals surface area contributed by atoms with Crippen molar-refractivity contribution in [2.75, 3.05) is 11.9 Å². The molecule has 0 aromatic carbocycles. The van der Waals surface area contributed by atoms with Crippen LogP contribution in [0.4, 0.5) is 10.5 Å². The molecule has 0 fully saturated rings. The number of aryl methyl sites for hydroxylation is 1. The van der Waals surface area contributed by atoms with Crippen LogP contribution in [0, 0.1) is 6.92 Å². The molecule has 0 aliphatic carbocycles. The summed E-state index contributed by atoms with van der Waals surface area (Å²) in [7, 11) is 0. The molecule has 0 atom stereocenters. The summed E-state index contributed by atoms with van der Waals surface area (Å²) in [6.07, 6.45) is 2.87. The van der Waals surface area contributed by atoms with E-state index < -0.39 is 6.09 Å². The first kappa shape index (κ1) is 9.51. The number of anilines is 1. The fourth-order valence-corrected chi connectivity index (χ4v) is 0.891. The predicted octanol–water partition coefficient (Wildman–Crippen LogP) is 1.96. The second-order valence-corrected chi connectivity index (χ2v) is 2.54. The number of hydrogen-bond acceptors (Lipinski definition) is 3. The van der Waals surface area contributed by atoms with E-state index in [1.165, 1.54) is 0 Å². The summed E-state index contributed by atoms with van der Waals surface area (Å²) >= 11 is 0. The Labute approximate surface area is 76.9 Å². The van der Waals surface area contributed by atoms with Crippen LogP contribution < -0.4 is 5.32 Å². The van der Waals surface area contributed by atoms with Gasteiger partial charge in [-0.15, -0.1) is 0 Å². The molecule has 1 rings (SSSR count). The van der Waals surface area contributed by atoms with Crippen molar-refractivity contribution in [1.82, 2.24) is 4.98 Å². The van der Waals surface area contributed by atoms with E-state index in [9.17, 15) is 4.79 Å². The van der Waals surface area contributed by atoms with Gasteiger partial charge in [-0.05, 0) is 25.5 Å². The zero-order chi connectivity index (χ0) is 9.68. The number of amides is 1. The molecule has 0 saturated heterocycles. The van der Waals surface area contributed by atoms with Gasteiger partial charge in [-0.3, -0.25) is 10.3 Å². The van der Waals surface area contributed by atoms with Crippen LogP contribution in [0.25, 0.3) is 0 Å². The maximum atomic E-state index is 11.0. The van der Waals surface area contributed by atoms with Crippen molar-refractivity contribution in [3.8, 4) is 0 Å². The number of hydrogen-bond donors (Lipinski definition) is 1. The molecule has 0 saturated carbocycles. The van der Waals surface area contributed by atoms with Crippen LogP contribution in [0.1, 0.15) is 12.5 Å². The molecule has 0 spiro atoms. The molecule has 70 valence electrons. The second kappa shape index (κ2) is 4.45. The highest BCUT2D eigenvalue weighted by atomic mass is 16.5. The number of ether oxygens (including phenoxy) is 1. The quantitative estimate of drug-likeness (QED) is 0.756. The molecular formula is C9H12N2O2. The maximum absolute atomic E-state index is 11.0. The van der Waals surface area contributed by atoms with Crippen molar-refractivity contribution in [1.29, 1.82) is 0 Å². The summed E-state index contributed by atoms with van der Waals surface area (Å²) in [6, 6.07) is 1.73. The van der Waals surface area contributed by atoms with Gasteiger partial charge < -0.3 is 4.74 Å². The lowest BCUT2D eigenvalue weighted by molar-refractivity contribution is 0.168. The van der Waals surface area contributed by atoms with Crippen molar-refractivity contribution in [2.24, 2.45) is 0 Å². The smallest absolute Gasteiger partial charge is 0.411 e. The summed E-state index contributed by atoms with van der Waals surface area (Å²) in [5, 5.41) is 2.61. The highest BCUT2D eigenvalue weighted by Gasteiger charge is 2.03. The van der Waals surface area contributed by atoms with Gasteiger partial charge in [0.1, 0.15) is 0 Å². The number of carbonyl (C=O) groups is 1. The van der Waals surface area contributed by atoms with Gasteiger partial charge in [0.15, 0.2) is 0 Å². The lowest BCUT2D eigenvalue weighted by Crippen LogP contribution is -2.14. The number of nitrogens with one attached hydrogen (secondary N) is 1. The molecule has 0 unspecified atom stereocenters. The minimum absolute atomic E-state index is 0.371. The Bertz CT molecular complexity index is 299. The van der Waals surface area contributed by atoms with Crippen molar-refractivity contribution in [3.05, 3.63) is 24.0 Å². The SMILES string of the molecule is CCOC(=O)Nc1ccncc1C. The lowest BCUT2D eigenvalue weighted by Gasteiger charge is -2.06. The summed E-state index contributed by atoms with van der Waals surface area (Å²) in [4.78, 5) is 14.9. The Morgan fingerprint density at radius 2 is 2.46 bits per heavy atom. The van der Waals surface area contributed by atoms with Crippen molar-refractivity contribution < 1.29 is 9.53 Å². The predicted molar refractivity (Wildman–Crippen MR) is 49.6 cm³/mol. The van der Waals surface area contributed by atoms with Crippen LogP contribution in [0.15, 0.2) is 18.5 Å². The van der Waals surface area contributed by atoms with E-state index in [1.807, 2.05) is 6.92 Å². The van der Waals surface area contributed by atoms with E-state index in [2.05, 4.69) is 10.3 Å². The standard InChI is InChI=1S/C9H12N2O2/c1-3-13-9(12)11-8-4-5-10-6-7(8)2/h4-6H,3H2,1-2H3,(H,10,11,12). The van der Waals surface area contributed by atoms with E-state index in [0.29, 0.717) is 6.61 Å². The first-order valence-corrected chi connectivity index (χ1v) is 4.08. The van der Waals surface area contributed by atoms with E-state index in [-0.39, 0.29) is 0 Å². The normalized spacial score (nSPS) is 9.38. The molecule has 1 aromatic rings. The molecule has 13 heavy (non-hydrogen) atoms. The molecule has 4 nitrogen and oxygen atoms in total. The van der Waals surface area contributed by atoms with E-state index >= 15 is 0 Å². The minimum atomic E-state index is -0.434. The number of nitrogens with zero attached hydrogens (tertiary/aromatic N) is 1. The summed E-state index contributed by atoms with van der Waals surface area (Å²) < 4.78 is 4.73. The number of carbonyl (C=O) groups excluding carboxylic acids is 1. The summed E-state index contributed by atoms with van der Waals surface area (Å²) in [6.45, 7) is 4.00. The molecule has 1 amide bonds. The van der Waals surface area contributed by atoms with E-state index in [0.717, 1.165) is 11.3 Å². The molecule has 0 radical (unpaired) electrons. The van der Waals surface area contributed by atoms with Gasteiger partial charge in [0, 0.05) is 18.1 Å². The van der Waals surface area contributed by atoms with E-state index in [1.54, 1.807) is 25.4 Å². The Morgan fingerprint density at radius 1 is 1.69 bits per heavy atom. The van der Waals surface area contributed by atoms with Crippen molar-refractivity contribution in [3.63, 3.8) is 0 Å². The molecule has 1 heterocycles. The van der Waals surface area contributed by atoms with Gasteiger partial charge in [0.25, 0.3) is 0 Å². The Kier molecular flexibility index (Phi) is 3.25. The topological polar surface area (TPSA) is 51.2 Å². The third-order valence-electron chi connectivity index (χ3n) is 1.53. The van der Waals surface area contributed by atoms with Crippen LogP contribution >= 0.6 is 0 Å². The highest BCUT2D eigenvalue weighted by Crippen LogP contribution is 2.11. The number of aromatic nitrogens is 1. The van der Waals surface area contributed by atoms with Crippen LogP contribution in [0.2, 0.25) is 0 Å². The first-order chi connectivity index (χ1) is 6.24. The van der Waals surface area contributed by atoms with Crippen LogP contribution in [-0.2, 0) is 4.74 Å². The Balaban J connectivity index is 2.63. The molecule has 0 aliphatic heterocycles. The second-order valence-electron chi connectivity index (χ2n) is 2.54. The zero-order valence-corrected chi connectivity index (χ0v) is 7.70. The van der Waals surface area contributed by atoms with Crippen LogP contribution in [0.5, 0.6) is 0 Å². The molecule has 4 heteroatoms. The monoisotopic (exact) mass is 180 g/mol. The fourth-order valence-electron chi connectivity index (χ4n) is 0.891. The third kappa shape index (κ3) is 2.74. The average Bonchev–Trinajstić information content (AvgIpc) is 2.09.